The van der Waals surface area contributed by atoms with Gasteiger partial charge in [-0.1, -0.05) is 35.5 Å². The Morgan fingerprint density at radius 1 is 1.04 bits per heavy atom. The van der Waals surface area contributed by atoms with Crippen LogP contribution < -0.4 is 15.4 Å². The van der Waals surface area contributed by atoms with Gasteiger partial charge >= 0.3 is 0 Å². The molecule has 2 N–H and O–H groups in total. The molecular formula is C20H19N3O5. The fourth-order valence-electron chi connectivity index (χ4n) is 2.57. The molecule has 2 aromatic carbocycles. The second-order valence-corrected chi connectivity index (χ2v) is 5.78. The van der Waals surface area contributed by atoms with E-state index in [9.17, 15) is 9.59 Å². The lowest BCUT2D eigenvalue weighted by atomic mass is 10.1. The summed E-state index contributed by atoms with van der Waals surface area (Å²) in [5, 5.41) is 9.20. The maximum atomic E-state index is 12.8. The first-order chi connectivity index (χ1) is 13.6. The van der Waals surface area contributed by atoms with Gasteiger partial charge in [0.15, 0.2) is 5.76 Å². The maximum absolute atomic E-state index is 12.8. The van der Waals surface area contributed by atoms with Gasteiger partial charge in [-0.2, -0.15) is 0 Å². The van der Waals surface area contributed by atoms with Crippen LogP contribution in [0.5, 0.6) is 5.75 Å². The molecule has 2 amide bonds. The summed E-state index contributed by atoms with van der Waals surface area (Å²) in [4.78, 5) is 24.7. The Bertz CT molecular complexity index is 969. The molecule has 0 spiro atoms. The topological polar surface area (TPSA) is 103 Å². The summed E-state index contributed by atoms with van der Waals surface area (Å²) in [7, 11) is 2.94. The van der Waals surface area contributed by atoms with E-state index < -0.39 is 5.91 Å². The van der Waals surface area contributed by atoms with Crippen LogP contribution in [-0.4, -0.2) is 37.8 Å². The number of nitrogens with zero attached hydrogens (tertiary/aromatic N) is 1. The van der Waals surface area contributed by atoms with E-state index in [0.717, 1.165) is 5.56 Å². The van der Waals surface area contributed by atoms with E-state index in [0.29, 0.717) is 22.9 Å². The highest BCUT2D eigenvalue weighted by atomic mass is 16.5. The van der Waals surface area contributed by atoms with Crippen molar-refractivity contribution in [2.24, 2.45) is 0 Å². The van der Waals surface area contributed by atoms with Crippen LogP contribution in [-0.2, 0) is 9.53 Å². The van der Waals surface area contributed by atoms with Crippen molar-refractivity contribution in [2.45, 2.75) is 0 Å². The number of nitrogens with one attached hydrogen (secondary N) is 2. The number of anilines is 2. The summed E-state index contributed by atoms with van der Waals surface area (Å²) < 4.78 is 15.3. The molecule has 144 valence electrons. The number of carbonyl (C=O) groups is 2. The Labute approximate surface area is 161 Å². The fraction of sp³-hybridized carbons (Fsp3) is 0.150. The summed E-state index contributed by atoms with van der Waals surface area (Å²) in [6.07, 6.45) is 1.35. The van der Waals surface area contributed by atoms with Crippen LogP contribution >= 0.6 is 0 Å². The first-order valence-electron chi connectivity index (χ1n) is 8.40. The zero-order valence-electron chi connectivity index (χ0n) is 15.4. The SMILES string of the molecule is COCC(=O)Nc1ccc(OC)cc1NC(=O)c1cnoc1-c1ccccc1. The molecule has 0 atom stereocenters. The van der Waals surface area contributed by atoms with Gasteiger partial charge in [0.1, 0.15) is 17.9 Å². The van der Waals surface area contributed by atoms with E-state index in [2.05, 4.69) is 15.8 Å². The summed E-state index contributed by atoms with van der Waals surface area (Å²) >= 11 is 0. The number of hydrogen-bond donors (Lipinski definition) is 2. The van der Waals surface area contributed by atoms with Gasteiger partial charge in [-0.3, -0.25) is 9.59 Å². The molecule has 0 saturated carbocycles. The van der Waals surface area contributed by atoms with E-state index in [1.54, 1.807) is 18.2 Å². The minimum Gasteiger partial charge on any atom is -0.497 e. The minimum atomic E-state index is -0.435. The Morgan fingerprint density at radius 3 is 2.54 bits per heavy atom. The smallest absolute Gasteiger partial charge is 0.261 e. The average Bonchev–Trinajstić information content (AvgIpc) is 3.20. The van der Waals surface area contributed by atoms with Crippen molar-refractivity contribution in [3.8, 4) is 17.1 Å². The van der Waals surface area contributed by atoms with Crippen molar-refractivity contribution < 1.29 is 23.6 Å². The number of rotatable bonds is 7. The number of aromatic nitrogens is 1. The molecule has 0 aliphatic rings. The zero-order chi connectivity index (χ0) is 19.9. The molecule has 0 saturated heterocycles. The molecule has 1 heterocycles. The standard InChI is InChI=1S/C20H19N3O5/c1-26-12-18(24)22-16-9-8-14(27-2)10-17(16)23-20(25)15-11-21-28-19(15)13-6-4-3-5-7-13/h3-11H,12H2,1-2H3,(H,22,24)(H,23,25). The lowest BCUT2D eigenvalue weighted by molar-refractivity contribution is -0.119. The molecule has 1 aromatic heterocycles. The largest absolute Gasteiger partial charge is 0.497 e. The lowest BCUT2D eigenvalue weighted by Crippen LogP contribution is -2.19. The molecule has 3 rings (SSSR count). The summed E-state index contributed by atoms with van der Waals surface area (Å²) in [5.74, 6) is 0.0910. The number of benzene rings is 2. The van der Waals surface area contributed by atoms with Crippen LogP contribution in [0.2, 0.25) is 0 Å². The van der Waals surface area contributed by atoms with Crippen molar-refractivity contribution in [3.05, 3.63) is 60.3 Å². The van der Waals surface area contributed by atoms with Crippen molar-refractivity contribution in [1.82, 2.24) is 5.16 Å². The predicted molar refractivity (Wildman–Crippen MR) is 103 cm³/mol. The summed E-state index contributed by atoms with van der Waals surface area (Å²) in [6, 6.07) is 14.1. The maximum Gasteiger partial charge on any atom is 0.261 e. The second kappa shape index (κ2) is 8.83. The number of ether oxygens (including phenoxy) is 2. The highest BCUT2D eigenvalue weighted by Gasteiger charge is 2.19. The van der Waals surface area contributed by atoms with Gasteiger partial charge in [0.25, 0.3) is 5.91 Å². The quantitative estimate of drug-likeness (QED) is 0.652. The fourth-order valence-corrected chi connectivity index (χ4v) is 2.57. The van der Waals surface area contributed by atoms with Crippen molar-refractivity contribution >= 4 is 23.2 Å². The van der Waals surface area contributed by atoms with Crippen molar-refractivity contribution in [3.63, 3.8) is 0 Å². The van der Waals surface area contributed by atoms with Gasteiger partial charge < -0.3 is 24.6 Å². The highest BCUT2D eigenvalue weighted by Crippen LogP contribution is 2.29. The van der Waals surface area contributed by atoms with Gasteiger partial charge in [0, 0.05) is 18.7 Å². The van der Waals surface area contributed by atoms with Crippen LogP contribution in [0.15, 0.2) is 59.3 Å². The van der Waals surface area contributed by atoms with Crippen molar-refractivity contribution in [2.75, 3.05) is 31.5 Å². The van der Waals surface area contributed by atoms with Crippen molar-refractivity contribution in [1.29, 1.82) is 0 Å². The third-order valence-corrected chi connectivity index (χ3v) is 3.88. The third-order valence-electron chi connectivity index (χ3n) is 3.88. The zero-order valence-corrected chi connectivity index (χ0v) is 15.4. The normalized spacial score (nSPS) is 10.4. The molecular weight excluding hydrogens is 362 g/mol. The van der Waals surface area contributed by atoms with Crippen LogP contribution in [0.4, 0.5) is 11.4 Å². The molecule has 0 aliphatic carbocycles. The molecule has 28 heavy (non-hydrogen) atoms. The Kier molecular flexibility index (Phi) is 6.03. The third kappa shape index (κ3) is 4.36. The average molecular weight is 381 g/mol. The van der Waals surface area contributed by atoms with Gasteiger partial charge in [0.2, 0.25) is 5.91 Å². The molecule has 0 bridgehead atoms. The van der Waals surface area contributed by atoms with Gasteiger partial charge in [-0.25, -0.2) is 0 Å². The molecule has 8 nitrogen and oxygen atoms in total. The van der Waals surface area contributed by atoms with E-state index >= 15 is 0 Å². The molecule has 3 aromatic rings. The molecule has 0 fully saturated rings. The Morgan fingerprint density at radius 2 is 1.82 bits per heavy atom. The first kappa shape index (κ1) is 19.1. The number of carbonyl (C=O) groups excluding carboxylic acids is 2. The van der Waals surface area contributed by atoms with Crippen LogP contribution in [0.3, 0.4) is 0 Å². The summed E-state index contributed by atoms with van der Waals surface area (Å²) in [6.45, 7) is -0.108. The number of methoxy groups -OCH3 is 2. The van der Waals surface area contributed by atoms with Crippen LogP contribution in [0, 0.1) is 0 Å². The lowest BCUT2D eigenvalue weighted by Gasteiger charge is -2.13. The Hall–Kier alpha value is -3.65. The Balaban J connectivity index is 1.88. The van der Waals surface area contributed by atoms with E-state index in [1.807, 2.05) is 30.3 Å². The molecule has 0 aliphatic heterocycles. The monoisotopic (exact) mass is 381 g/mol. The molecule has 8 heteroatoms. The number of amides is 2. The molecule has 0 radical (unpaired) electrons. The predicted octanol–water partition coefficient (Wildman–Crippen LogP) is 3.19. The van der Waals surface area contributed by atoms with Gasteiger partial charge in [0.05, 0.1) is 24.7 Å². The van der Waals surface area contributed by atoms with Crippen LogP contribution in [0.25, 0.3) is 11.3 Å². The minimum absolute atomic E-state index is 0.108. The van der Waals surface area contributed by atoms with E-state index in [-0.39, 0.29) is 18.1 Å². The van der Waals surface area contributed by atoms with Crippen LogP contribution in [0.1, 0.15) is 10.4 Å². The van der Waals surface area contributed by atoms with Gasteiger partial charge in [-0.05, 0) is 12.1 Å². The number of hydrogen-bond acceptors (Lipinski definition) is 6. The molecule has 0 unspecified atom stereocenters. The van der Waals surface area contributed by atoms with E-state index in [1.165, 1.54) is 20.4 Å². The summed E-state index contributed by atoms with van der Waals surface area (Å²) in [5.41, 5.74) is 1.77. The first-order valence-corrected chi connectivity index (χ1v) is 8.40. The van der Waals surface area contributed by atoms with E-state index in [4.69, 9.17) is 14.0 Å². The highest BCUT2D eigenvalue weighted by molar-refractivity contribution is 6.10. The second-order valence-electron chi connectivity index (χ2n) is 5.78. The van der Waals surface area contributed by atoms with Gasteiger partial charge in [-0.15, -0.1) is 0 Å².